The second-order valence-electron chi connectivity index (χ2n) is 4.30. The Morgan fingerprint density at radius 3 is 2.91 bits per heavy atom. The van der Waals surface area contributed by atoms with E-state index in [1.807, 2.05) is 18.2 Å². The first-order valence-electron chi connectivity index (χ1n) is 6.77. The molecule has 0 fully saturated rings. The predicted octanol–water partition coefficient (Wildman–Crippen LogP) is 2.38. The first-order valence-corrected chi connectivity index (χ1v) is 7.59. The van der Waals surface area contributed by atoms with Crippen LogP contribution in [0, 0.1) is 0 Å². The molecule has 0 unspecified atom stereocenters. The molecule has 0 saturated heterocycles. The van der Waals surface area contributed by atoms with Crippen LogP contribution >= 0.6 is 11.3 Å². The van der Waals surface area contributed by atoms with Gasteiger partial charge in [0.15, 0.2) is 5.13 Å². The van der Waals surface area contributed by atoms with Crippen LogP contribution in [0.5, 0.6) is 5.75 Å². The summed E-state index contributed by atoms with van der Waals surface area (Å²) in [5.74, 6) is 0.524. The fourth-order valence-corrected chi connectivity index (χ4v) is 2.64. The van der Waals surface area contributed by atoms with Crippen molar-refractivity contribution in [3.05, 3.63) is 18.2 Å². The Morgan fingerprint density at radius 2 is 2.18 bits per heavy atom. The minimum atomic E-state index is -0.526. The number of benzene rings is 1. The number of methoxy groups -OCH3 is 1. The normalized spacial score (nSPS) is 10.3. The van der Waals surface area contributed by atoms with Gasteiger partial charge < -0.3 is 20.1 Å². The van der Waals surface area contributed by atoms with Crippen molar-refractivity contribution in [1.82, 2.24) is 10.3 Å². The molecule has 118 valence electrons. The average molecular weight is 323 g/mol. The molecule has 0 saturated carbocycles. The van der Waals surface area contributed by atoms with Crippen LogP contribution in [0.25, 0.3) is 10.2 Å². The fraction of sp³-hybridized carbons (Fsp3) is 0.357. The van der Waals surface area contributed by atoms with Gasteiger partial charge in [0.25, 0.3) is 0 Å². The lowest BCUT2D eigenvalue weighted by Crippen LogP contribution is -2.28. The number of anilines is 1. The summed E-state index contributed by atoms with van der Waals surface area (Å²) in [6.07, 6.45) is -0.375. The maximum absolute atomic E-state index is 11.8. The lowest BCUT2D eigenvalue weighted by atomic mass is 10.3. The van der Waals surface area contributed by atoms with Gasteiger partial charge in [-0.25, -0.2) is 9.78 Å². The van der Waals surface area contributed by atoms with Gasteiger partial charge in [0.2, 0.25) is 5.91 Å². The van der Waals surface area contributed by atoms with E-state index in [0.29, 0.717) is 11.7 Å². The monoisotopic (exact) mass is 323 g/mol. The minimum absolute atomic E-state index is 0.151. The number of aromatic nitrogens is 1. The van der Waals surface area contributed by atoms with Gasteiger partial charge in [0, 0.05) is 13.0 Å². The fourth-order valence-electron chi connectivity index (χ4n) is 1.73. The smallest absolute Gasteiger partial charge is 0.407 e. The molecule has 0 bridgehead atoms. The van der Waals surface area contributed by atoms with Gasteiger partial charge in [0.1, 0.15) is 5.75 Å². The Labute approximate surface area is 131 Å². The molecule has 0 aliphatic heterocycles. The van der Waals surface area contributed by atoms with Gasteiger partial charge >= 0.3 is 6.09 Å². The van der Waals surface area contributed by atoms with Crippen molar-refractivity contribution < 1.29 is 19.1 Å². The zero-order valence-electron chi connectivity index (χ0n) is 12.3. The molecule has 2 rings (SSSR count). The summed E-state index contributed by atoms with van der Waals surface area (Å²) in [6, 6.07) is 5.52. The van der Waals surface area contributed by atoms with Crippen LogP contribution in [0.2, 0.25) is 0 Å². The van der Waals surface area contributed by atoms with Crippen molar-refractivity contribution in [2.24, 2.45) is 0 Å². The molecule has 22 heavy (non-hydrogen) atoms. The molecule has 0 atom stereocenters. The quantitative estimate of drug-likeness (QED) is 0.852. The summed E-state index contributed by atoms with van der Waals surface area (Å²) in [6.45, 7) is 2.23. The van der Waals surface area contributed by atoms with Gasteiger partial charge in [-0.1, -0.05) is 11.3 Å². The van der Waals surface area contributed by atoms with Crippen LogP contribution in [0.3, 0.4) is 0 Å². The second kappa shape index (κ2) is 7.60. The number of ether oxygens (including phenoxy) is 2. The Morgan fingerprint density at radius 1 is 1.36 bits per heavy atom. The molecule has 8 heteroatoms. The third-order valence-corrected chi connectivity index (χ3v) is 3.67. The van der Waals surface area contributed by atoms with Crippen molar-refractivity contribution in [1.29, 1.82) is 0 Å². The minimum Gasteiger partial charge on any atom is -0.497 e. The van der Waals surface area contributed by atoms with E-state index in [9.17, 15) is 9.59 Å². The molecule has 1 aromatic heterocycles. The summed E-state index contributed by atoms with van der Waals surface area (Å²) in [5.41, 5.74) is 0.797. The SMILES string of the molecule is CCOC(=O)NCCC(=O)Nc1nc2ccc(OC)cc2s1. The van der Waals surface area contributed by atoms with Gasteiger partial charge in [-0.15, -0.1) is 0 Å². The molecule has 2 aromatic rings. The van der Waals surface area contributed by atoms with Crippen LogP contribution in [0.4, 0.5) is 9.93 Å². The van der Waals surface area contributed by atoms with Gasteiger partial charge in [-0.2, -0.15) is 0 Å². The van der Waals surface area contributed by atoms with Crippen molar-refractivity contribution >= 4 is 38.7 Å². The molecule has 2 N–H and O–H groups in total. The van der Waals surface area contributed by atoms with E-state index in [1.165, 1.54) is 11.3 Å². The van der Waals surface area contributed by atoms with Crippen LogP contribution in [0.15, 0.2) is 18.2 Å². The Bertz CT molecular complexity index is 671. The standard InChI is InChI=1S/C14H17N3O4S/c1-3-21-14(19)15-7-6-12(18)17-13-16-10-5-4-9(20-2)8-11(10)22-13/h4-5,8H,3,6-7H2,1-2H3,(H,15,19)(H,16,17,18). The van der Waals surface area contributed by atoms with E-state index < -0.39 is 6.09 Å². The number of alkyl carbamates (subject to hydrolysis) is 1. The average Bonchev–Trinajstić information content (AvgIpc) is 2.88. The molecule has 1 aromatic carbocycles. The molecule has 0 radical (unpaired) electrons. The Hall–Kier alpha value is -2.35. The Balaban J connectivity index is 1.87. The van der Waals surface area contributed by atoms with Gasteiger partial charge in [0.05, 0.1) is 23.9 Å². The molecule has 7 nitrogen and oxygen atoms in total. The summed E-state index contributed by atoms with van der Waals surface area (Å²) in [5, 5.41) is 5.71. The van der Waals surface area contributed by atoms with Crippen LogP contribution in [-0.2, 0) is 9.53 Å². The summed E-state index contributed by atoms with van der Waals surface area (Å²) < 4.78 is 10.8. The largest absolute Gasteiger partial charge is 0.497 e. The van der Waals surface area contributed by atoms with Crippen molar-refractivity contribution in [2.45, 2.75) is 13.3 Å². The maximum Gasteiger partial charge on any atom is 0.407 e. The number of nitrogens with one attached hydrogen (secondary N) is 2. The summed E-state index contributed by atoms with van der Waals surface area (Å²) >= 11 is 1.37. The van der Waals surface area contributed by atoms with E-state index in [1.54, 1.807) is 14.0 Å². The topological polar surface area (TPSA) is 89.5 Å². The van der Waals surface area contributed by atoms with Gasteiger partial charge in [-0.05, 0) is 25.1 Å². The zero-order valence-corrected chi connectivity index (χ0v) is 13.2. The second-order valence-corrected chi connectivity index (χ2v) is 5.33. The molecular weight excluding hydrogens is 306 g/mol. The summed E-state index contributed by atoms with van der Waals surface area (Å²) in [4.78, 5) is 27.2. The molecule has 0 spiro atoms. The number of hydrogen-bond donors (Lipinski definition) is 2. The number of thiazole rings is 1. The van der Waals surface area contributed by atoms with E-state index in [4.69, 9.17) is 9.47 Å². The van der Waals surface area contributed by atoms with Crippen molar-refractivity contribution in [2.75, 3.05) is 25.6 Å². The molecule has 2 amide bonds. The highest BCUT2D eigenvalue weighted by Crippen LogP contribution is 2.29. The molecule has 0 aliphatic rings. The first kappa shape index (κ1) is 16.0. The number of rotatable bonds is 6. The van der Waals surface area contributed by atoms with E-state index in [0.717, 1.165) is 16.0 Å². The number of carbonyl (C=O) groups excluding carboxylic acids is 2. The number of amides is 2. The third-order valence-electron chi connectivity index (χ3n) is 2.74. The van der Waals surface area contributed by atoms with E-state index in [-0.39, 0.29) is 18.9 Å². The zero-order chi connectivity index (χ0) is 15.9. The van der Waals surface area contributed by atoms with Crippen molar-refractivity contribution in [3.8, 4) is 5.75 Å². The van der Waals surface area contributed by atoms with E-state index in [2.05, 4.69) is 15.6 Å². The van der Waals surface area contributed by atoms with Crippen LogP contribution in [0.1, 0.15) is 13.3 Å². The number of carbonyl (C=O) groups is 2. The van der Waals surface area contributed by atoms with Crippen LogP contribution in [-0.4, -0.2) is 37.2 Å². The Kier molecular flexibility index (Phi) is 5.54. The highest BCUT2D eigenvalue weighted by Gasteiger charge is 2.09. The van der Waals surface area contributed by atoms with Gasteiger partial charge in [-0.3, -0.25) is 4.79 Å². The number of fused-ring (bicyclic) bond motifs is 1. The lowest BCUT2D eigenvalue weighted by Gasteiger charge is -2.04. The van der Waals surface area contributed by atoms with Crippen LogP contribution < -0.4 is 15.4 Å². The molecule has 0 aliphatic carbocycles. The predicted molar refractivity (Wildman–Crippen MR) is 84.4 cm³/mol. The molecule has 1 heterocycles. The maximum atomic E-state index is 11.8. The van der Waals surface area contributed by atoms with Crippen molar-refractivity contribution in [3.63, 3.8) is 0 Å². The first-order chi connectivity index (χ1) is 10.6. The van der Waals surface area contributed by atoms with E-state index >= 15 is 0 Å². The third kappa shape index (κ3) is 4.32. The molecular formula is C14H17N3O4S. The highest BCUT2D eigenvalue weighted by molar-refractivity contribution is 7.22. The summed E-state index contributed by atoms with van der Waals surface area (Å²) in [7, 11) is 1.60. The number of nitrogens with zero attached hydrogens (tertiary/aromatic N) is 1. The highest BCUT2D eigenvalue weighted by atomic mass is 32.1. The number of hydrogen-bond acceptors (Lipinski definition) is 6. The lowest BCUT2D eigenvalue weighted by molar-refractivity contribution is -0.116.